The number of ether oxygens (including phenoxy) is 2. The van der Waals surface area contributed by atoms with Crippen molar-refractivity contribution in [2.24, 2.45) is 0 Å². The number of aromatic hydroxyl groups is 1. The van der Waals surface area contributed by atoms with Gasteiger partial charge >= 0.3 is 6.01 Å². The molecule has 47 heavy (non-hydrogen) atoms. The van der Waals surface area contributed by atoms with E-state index in [9.17, 15) is 9.50 Å². The molecule has 0 radical (unpaired) electrons. The number of phenolic OH excluding ortho intramolecular Hbond substituents is 1. The van der Waals surface area contributed by atoms with E-state index in [1.165, 1.54) is 18.2 Å². The van der Waals surface area contributed by atoms with Gasteiger partial charge in [-0.15, -0.1) is 0 Å². The molecule has 0 bridgehead atoms. The van der Waals surface area contributed by atoms with E-state index in [-0.39, 0.29) is 64.5 Å². The monoisotopic (exact) mass is 667 g/mol. The van der Waals surface area contributed by atoms with Gasteiger partial charge in [0.15, 0.2) is 11.6 Å². The average Bonchev–Trinajstić information content (AvgIpc) is 3.52. The third-order valence-electron chi connectivity index (χ3n) is 10.7. The molecule has 4 aliphatic heterocycles. The molecule has 3 aromatic carbocycles. The largest absolute Gasteiger partial charge is 0.508 e. The number of piperazine rings is 1. The number of alkyl halides is 1. The highest BCUT2D eigenvalue weighted by atomic mass is 35.5. The predicted octanol–water partition coefficient (Wildman–Crippen LogP) is 6.55. The van der Waals surface area contributed by atoms with Crippen LogP contribution in [0.3, 0.4) is 0 Å². The highest BCUT2D eigenvalue weighted by Crippen LogP contribution is 2.51. The number of hydrogen-bond acceptors (Lipinski definition) is 8. The van der Waals surface area contributed by atoms with Gasteiger partial charge in [0.25, 0.3) is 0 Å². The zero-order chi connectivity index (χ0) is 32.6. The van der Waals surface area contributed by atoms with Crippen LogP contribution in [0.15, 0.2) is 24.3 Å². The lowest BCUT2D eigenvalue weighted by atomic mass is 9.91. The quantitative estimate of drug-likeness (QED) is 0.240. The van der Waals surface area contributed by atoms with Crippen LogP contribution >= 0.6 is 11.6 Å². The van der Waals surface area contributed by atoms with Crippen LogP contribution in [0.2, 0.25) is 5.02 Å². The number of nitrogens with zero attached hydrogens (tertiary/aromatic N) is 4. The fourth-order valence-corrected chi connectivity index (χ4v) is 8.85. The molecule has 4 aliphatic rings. The van der Waals surface area contributed by atoms with Crippen molar-refractivity contribution in [2.45, 2.75) is 69.7 Å². The molecule has 3 saturated heterocycles. The number of benzene rings is 3. The van der Waals surface area contributed by atoms with E-state index in [4.69, 9.17) is 26.1 Å². The summed E-state index contributed by atoms with van der Waals surface area (Å²) in [6, 6.07) is 5.76. The van der Waals surface area contributed by atoms with Gasteiger partial charge in [0.1, 0.15) is 42.3 Å². The topological polar surface area (TPSA) is 83.0 Å². The van der Waals surface area contributed by atoms with Gasteiger partial charge in [-0.2, -0.15) is 9.97 Å². The minimum absolute atomic E-state index is 0.00647. The van der Waals surface area contributed by atoms with Gasteiger partial charge in [0.05, 0.1) is 22.0 Å². The zero-order valence-electron chi connectivity index (χ0n) is 26.4. The molecule has 0 saturated carbocycles. The molecule has 248 valence electrons. The number of aryl methyl sites for hydroxylation is 1. The molecule has 12 heteroatoms. The molecule has 5 heterocycles. The van der Waals surface area contributed by atoms with Gasteiger partial charge in [-0.1, -0.05) is 31.5 Å². The van der Waals surface area contributed by atoms with E-state index in [2.05, 4.69) is 27.0 Å². The summed E-state index contributed by atoms with van der Waals surface area (Å²) < 4.78 is 59.7. The first kappa shape index (κ1) is 30.8. The van der Waals surface area contributed by atoms with Gasteiger partial charge in [-0.05, 0) is 72.3 Å². The molecule has 1 aromatic heterocycles. The Labute approximate surface area is 275 Å². The highest BCUT2D eigenvalue weighted by molar-refractivity contribution is 6.37. The first-order valence-electron chi connectivity index (χ1n) is 16.5. The smallest absolute Gasteiger partial charge is 0.319 e. The third-order valence-corrected chi connectivity index (χ3v) is 11.0. The van der Waals surface area contributed by atoms with E-state index >= 15 is 8.78 Å². The Kier molecular flexibility index (Phi) is 7.57. The molecule has 8 nitrogen and oxygen atoms in total. The normalized spacial score (nSPS) is 25.6. The molecule has 8 rings (SSSR count). The first-order valence-corrected chi connectivity index (χ1v) is 16.9. The highest BCUT2D eigenvalue weighted by Gasteiger charge is 2.49. The molecule has 4 aromatic rings. The van der Waals surface area contributed by atoms with Gasteiger partial charge < -0.3 is 24.8 Å². The number of aromatic nitrogens is 2. The van der Waals surface area contributed by atoms with Gasteiger partial charge in [-0.25, -0.2) is 13.2 Å². The fraction of sp³-hybridized carbons (Fsp3) is 0.486. The SMILES string of the molecule is CCc1c(F)ccc2cc(O)cc(-c3c(Cl)c4c5c(nc(OC[C@@]67CCCN6C[C@H](F)C7)nc5c3F)N3CCN[C@@H](CC)[C@H]3CO4)c12. The zero-order valence-corrected chi connectivity index (χ0v) is 27.1. The summed E-state index contributed by atoms with van der Waals surface area (Å²) in [6.07, 6.45) is 2.37. The molecule has 4 atom stereocenters. The van der Waals surface area contributed by atoms with Crippen molar-refractivity contribution in [3.05, 3.63) is 46.5 Å². The average molecular weight is 668 g/mol. The number of halogens is 4. The molecular formula is C35H37ClF3N5O3. The Hall–Kier alpha value is -3.54. The van der Waals surface area contributed by atoms with Crippen LogP contribution in [0.25, 0.3) is 32.8 Å². The first-order chi connectivity index (χ1) is 22.7. The molecule has 3 fully saturated rings. The molecule has 0 spiro atoms. The summed E-state index contributed by atoms with van der Waals surface area (Å²) in [5.41, 5.74) is 0.0689. The maximum Gasteiger partial charge on any atom is 0.319 e. The molecule has 0 aliphatic carbocycles. The number of hydrogen-bond donors (Lipinski definition) is 2. The lowest BCUT2D eigenvalue weighted by Gasteiger charge is -2.41. The second-order valence-electron chi connectivity index (χ2n) is 13.3. The van der Waals surface area contributed by atoms with E-state index in [0.29, 0.717) is 60.0 Å². The van der Waals surface area contributed by atoms with Gasteiger partial charge in [0, 0.05) is 37.7 Å². The minimum Gasteiger partial charge on any atom is -0.508 e. The number of fused-ring (bicyclic) bond motifs is 4. The van der Waals surface area contributed by atoms with Crippen molar-refractivity contribution in [2.75, 3.05) is 44.3 Å². The summed E-state index contributed by atoms with van der Waals surface area (Å²) in [5, 5.41) is 15.6. The third kappa shape index (κ3) is 4.79. The van der Waals surface area contributed by atoms with Crippen molar-refractivity contribution in [1.29, 1.82) is 0 Å². The van der Waals surface area contributed by atoms with Crippen molar-refractivity contribution < 1.29 is 27.8 Å². The van der Waals surface area contributed by atoms with E-state index in [0.717, 1.165) is 25.8 Å². The summed E-state index contributed by atoms with van der Waals surface area (Å²) in [4.78, 5) is 13.8. The number of anilines is 1. The van der Waals surface area contributed by atoms with E-state index < -0.39 is 23.3 Å². The number of nitrogens with one attached hydrogen (secondary N) is 1. The molecular weight excluding hydrogens is 631 g/mol. The van der Waals surface area contributed by atoms with Crippen LogP contribution in [0.1, 0.15) is 45.1 Å². The van der Waals surface area contributed by atoms with Crippen LogP contribution in [-0.4, -0.2) is 83.2 Å². The van der Waals surface area contributed by atoms with Crippen molar-refractivity contribution in [3.63, 3.8) is 0 Å². The Balaban J connectivity index is 1.36. The second-order valence-corrected chi connectivity index (χ2v) is 13.6. The van der Waals surface area contributed by atoms with E-state index in [1.807, 2.05) is 6.92 Å². The fourth-order valence-electron chi connectivity index (χ4n) is 8.51. The Morgan fingerprint density at radius 3 is 2.83 bits per heavy atom. The molecule has 2 N–H and O–H groups in total. The van der Waals surface area contributed by atoms with Crippen LogP contribution in [0, 0.1) is 11.6 Å². The Morgan fingerprint density at radius 2 is 2.02 bits per heavy atom. The summed E-state index contributed by atoms with van der Waals surface area (Å²) >= 11 is 7.12. The molecule has 0 amide bonds. The van der Waals surface area contributed by atoms with Crippen LogP contribution in [0.5, 0.6) is 17.5 Å². The summed E-state index contributed by atoms with van der Waals surface area (Å²) in [6.45, 7) is 6.82. The maximum absolute atomic E-state index is 17.3. The predicted molar refractivity (Wildman–Crippen MR) is 176 cm³/mol. The Morgan fingerprint density at radius 1 is 1.17 bits per heavy atom. The number of phenols is 1. The summed E-state index contributed by atoms with van der Waals surface area (Å²) in [5.74, 6) is -0.613. The minimum atomic E-state index is -0.925. The second kappa shape index (κ2) is 11.6. The summed E-state index contributed by atoms with van der Waals surface area (Å²) in [7, 11) is 0. The van der Waals surface area contributed by atoms with Crippen molar-refractivity contribution >= 4 is 39.1 Å². The maximum atomic E-state index is 17.3. The standard InChI is InChI=1S/C35H37ClF3N5O3/c1-3-21-23(38)7-6-18-12-20(45)13-22(26(18)21)27-29(36)32-28-31(30(27)39)41-34(47-17-35-8-5-10-43(35)15-19(37)14-35)42-33(28)44-11-9-40-24(4-2)25(44)16-46-32/h6-7,12-13,19,24-25,40,45H,3-5,8-11,14-17H2,1-2H3/t19-,24+,25-,35+/m1/s1. The number of rotatable bonds is 6. The Bertz CT molecular complexity index is 1910. The van der Waals surface area contributed by atoms with Crippen LogP contribution in [0.4, 0.5) is 19.0 Å². The van der Waals surface area contributed by atoms with Crippen molar-refractivity contribution in [1.82, 2.24) is 20.2 Å². The van der Waals surface area contributed by atoms with Gasteiger partial charge in [0.2, 0.25) is 0 Å². The molecule has 0 unspecified atom stereocenters. The van der Waals surface area contributed by atoms with E-state index in [1.54, 1.807) is 6.07 Å². The lowest BCUT2D eigenvalue weighted by molar-refractivity contribution is 0.107. The van der Waals surface area contributed by atoms with Crippen molar-refractivity contribution in [3.8, 4) is 28.6 Å². The van der Waals surface area contributed by atoms with Crippen LogP contribution < -0.4 is 19.7 Å². The van der Waals surface area contributed by atoms with Crippen LogP contribution in [-0.2, 0) is 6.42 Å². The van der Waals surface area contributed by atoms with Gasteiger partial charge in [-0.3, -0.25) is 4.90 Å². The lowest BCUT2D eigenvalue weighted by Crippen LogP contribution is -2.60.